The van der Waals surface area contributed by atoms with Crippen molar-refractivity contribution in [3.05, 3.63) is 59.3 Å². The molecule has 5 nitrogen and oxygen atoms in total. The topological polar surface area (TPSA) is 58.8 Å². The molecule has 0 bridgehead atoms. The van der Waals surface area contributed by atoms with Gasteiger partial charge in [0.25, 0.3) is 0 Å². The van der Waals surface area contributed by atoms with Gasteiger partial charge in [-0.15, -0.1) is 5.06 Å². The largest absolute Gasteiger partial charge is 0.714 e. The van der Waals surface area contributed by atoms with Crippen molar-refractivity contribution in [1.29, 1.82) is 0 Å². The van der Waals surface area contributed by atoms with E-state index in [-0.39, 0.29) is 5.84 Å². The van der Waals surface area contributed by atoms with Crippen LogP contribution in [0.2, 0.25) is 0 Å². The predicted molar refractivity (Wildman–Crippen MR) is 112 cm³/mol. The molecule has 0 aromatic heterocycles. The molecule has 1 N–H and O–H groups in total. The summed E-state index contributed by atoms with van der Waals surface area (Å²) in [5, 5.41) is 29.2. The Balaban J connectivity index is 2.19. The van der Waals surface area contributed by atoms with Crippen LogP contribution >= 0.6 is 0 Å². The van der Waals surface area contributed by atoms with Crippen molar-refractivity contribution in [1.82, 2.24) is 5.06 Å². The van der Waals surface area contributed by atoms with Crippen molar-refractivity contribution in [2.45, 2.75) is 45.7 Å². The van der Waals surface area contributed by atoms with Gasteiger partial charge in [0.2, 0.25) is 0 Å². The fraction of sp³-hybridized carbons (Fsp3) is 0.348. The minimum absolute atomic E-state index is 0.269. The normalized spacial score (nSPS) is 18.3. The summed E-state index contributed by atoms with van der Waals surface area (Å²) >= 11 is 0. The van der Waals surface area contributed by atoms with Crippen LogP contribution in [0.5, 0.6) is 5.75 Å². The number of ether oxygens (including phenoxy) is 1. The molecule has 0 unspecified atom stereocenters. The molecule has 0 amide bonds. The Morgan fingerprint density at radius 2 is 1.39 bits per heavy atom. The van der Waals surface area contributed by atoms with Gasteiger partial charge in [0.05, 0.1) is 12.2 Å². The van der Waals surface area contributed by atoms with Crippen molar-refractivity contribution >= 4 is 27.4 Å². The summed E-state index contributed by atoms with van der Waals surface area (Å²) in [6.07, 6.45) is 0. The van der Waals surface area contributed by atoms with Gasteiger partial charge in [0, 0.05) is 21.5 Å². The molecule has 0 saturated heterocycles. The highest BCUT2D eigenvalue weighted by Crippen LogP contribution is 2.43. The van der Waals surface area contributed by atoms with E-state index in [1.165, 1.54) is 0 Å². The second-order valence-electron chi connectivity index (χ2n) is 8.28. The molecule has 0 fully saturated rings. The lowest BCUT2D eigenvalue weighted by molar-refractivity contribution is -0.539. The number of nitrogens with zero attached hydrogens (tertiary/aromatic N) is 2. The number of fused-ring (bicyclic) bond motifs is 2. The van der Waals surface area contributed by atoms with Gasteiger partial charge in [-0.3, -0.25) is 4.74 Å². The van der Waals surface area contributed by atoms with Gasteiger partial charge in [-0.2, -0.15) is 0 Å². The van der Waals surface area contributed by atoms with Crippen molar-refractivity contribution in [3.8, 4) is 5.75 Å². The van der Waals surface area contributed by atoms with Crippen LogP contribution in [0.3, 0.4) is 0 Å². The van der Waals surface area contributed by atoms with E-state index in [4.69, 9.17) is 4.74 Å². The van der Waals surface area contributed by atoms with Crippen molar-refractivity contribution in [3.63, 3.8) is 0 Å². The van der Waals surface area contributed by atoms with E-state index in [1.807, 2.05) is 83.1 Å². The van der Waals surface area contributed by atoms with E-state index in [2.05, 4.69) is 0 Å². The highest BCUT2D eigenvalue weighted by Gasteiger charge is 2.59. The van der Waals surface area contributed by atoms with Crippen LogP contribution in [0.15, 0.2) is 48.5 Å². The number of hydroxylamine groups is 3. The molecule has 0 spiro atoms. The first-order valence-corrected chi connectivity index (χ1v) is 9.63. The molecule has 5 heteroatoms. The van der Waals surface area contributed by atoms with Crippen LogP contribution < -0.4 is 4.74 Å². The zero-order valence-corrected chi connectivity index (χ0v) is 17.0. The van der Waals surface area contributed by atoms with Crippen LogP contribution in [0.1, 0.15) is 40.2 Å². The highest BCUT2D eigenvalue weighted by molar-refractivity contribution is 6.21. The molecule has 0 aliphatic carbocycles. The van der Waals surface area contributed by atoms with Crippen LogP contribution in [-0.2, 0) is 0 Å². The fourth-order valence-electron chi connectivity index (χ4n) is 3.96. The Hall–Kier alpha value is -2.79. The SMILES string of the molecule is CCOc1c2ccccc2c(C2=[N+]([O-])C(C)(C)C(C)(C)N2O)c2ccccc12. The molecule has 0 radical (unpaired) electrons. The average molecular weight is 378 g/mol. The molecular formula is C23H26N2O3. The third-order valence-corrected chi connectivity index (χ3v) is 6.32. The Morgan fingerprint density at radius 1 is 0.929 bits per heavy atom. The number of rotatable bonds is 3. The Bertz CT molecular complexity index is 1060. The molecule has 146 valence electrons. The monoisotopic (exact) mass is 378 g/mol. The van der Waals surface area contributed by atoms with Crippen LogP contribution in [0, 0.1) is 5.21 Å². The summed E-state index contributed by atoms with van der Waals surface area (Å²) in [6, 6.07) is 15.8. The zero-order valence-electron chi connectivity index (χ0n) is 17.0. The minimum atomic E-state index is -0.808. The van der Waals surface area contributed by atoms with E-state index in [0.29, 0.717) is 6.61 Å². The van der Waals surface area contributed by atoms with Gasteiger partial charge in [-0.25, -0.2) is 5.21 Å². The first kappa shape index (κ1) is 18.6. The summed E-state index contributed by atoms with van der Waals surface area (Å²) in [5.41, 5.74) is -0.839. The number of amidine groups is 1. The van der Waals surface area contributed by atoms with E-state index in [9.17, 15) is 10.4 Å². The lowest BCUT2D eigenvalue weighted by Crippen LogP contribution is -2.53. The third kappa shape index (κ3) is 2.26. The quantitative estimate of drug-likeness (QED) is 0.400. The molecule has 0 atom stereocenters. The van der Waals surface area contributed by atoms with Gasteiger partial charge in [0.15, 0.2) is 5.54 Å². The van der Waals surface area contributed by atoms with Gasteiger partial charge in [-0.05, 0) is 34.6 Å². The van der Waals surface area contributed by atoms with E-state index in [0.717, 1.165) is 42.7 Å². The van der Waals surface area contributed by atoms with Crippen LogP contribution in [-0.4, -0.2) is 38.5 Å². The molecule has 28 heavy (non-hydrogen) atoms. The second-order valence-corrected chi connectivity index (χ2v) is 8.28. The van der Waals surface area contributed by atoms with Crippen molar-refractivity contribution in [2.75, 3.05) is 6.61 Å². The summed E-state index contributed by atoms with van der Waals surface area (Å²) < 4.78 is 6.95. The summed E-state index contributed by atoms with van der Waals surface area (Å²) in [6.45, 7) is 9.98. The molecule has 0 saturated carbocycles. The van der Waals surface area contributed by atoms with Crippen molar-refractivity contribution in [2.24, 2.45) is 0 Å². The number of benzene rings is 3. The predicted octanol–water partition coefficient (Wildman–Crippen LogP) is 4.91. The average Bonchev–Trinajstić information content (AvgIpc) is 2.80. The first-order chi connectivity index (χ1) is 13.2. The number of hydrogen-bond donors (Lipinski definition) is 1. The maximum Gasteiger partial charge on any atom is 0.315 e. The smallest absolute Gasteiger partial charge is 0.315 e. The lowest BCUT2D eigenvalue weighted by Gasteiger charge is -2.33. The Labute approximate surface area is 165 Å². The van der Waals surface area contributed by atoms with Gasteiger partial charge < -0.3 is 9.94 Å². The maximum absolute atomic E-state index is 13.4. The molecule has 3 aromatic rings. The standard InChI is InChI=1S/C23H26N2O3/c1-6-28-20-17-13-9-7-11-15(17)19(16-12-8-10-14-18(16)20)21-24(26)22(2,3)23(4,5)25(21)27/h7-14,26H,6H2,1-5H3. The van der Waals surface area contributed by atoms with Gasteiger partial charge >= 0.3 is 5.84 Å². The minimum Gasteiger partial charge on any atom is -0.714 e. The third-order valence-electron chi connectivity index (χ3n) is 6.32. The Kier molecular flexibility index (Phi) is 4.05. The first-order valence-electron chi connectivity index (χ1n) is 9.63. The van der Waals surface area contributed by atoms with Crippen molar-refractivity contribution < 1.29 is 14.7 Å². The molecule has 1 aliphatic heterocycles. The van der Waals surface area contributed by atoms with Gasteiger partial charge in [0.1, 0.15) is 11.3 Å². The number of hydrogen-bond acceptors (Lipinski definition) is 4. The van der Waals surface area contributed by atoms with Gasteiger partial charge in [-0.1, -0.05) is 48.5 Å². The summed E-state index contributed by atoms with van der Waals surface area (Å²) in [4.78, 5) is 0. The van der Waals surface area contributed by atoms with Crippen LogP contribution in [0.25, 0.3) is 21.5 Å². The second kappa shape index (κ2) is 6.11. The van der Waals surface area contributed by atoms with E-state index in [1.54, 1.807) is 0 Å². The molecule has 3 aromatic carbocycles. The molecule has 1 heterocycles. The zero-order chi connectivity index (χ0) is 20.3. The van der Waals surface area contributed by atoms with E-state index >= 15 is 0 Å². The lowest BCUT2D eigenvalue weighted by atomic mass is 9.84. The van der Waals surface area contributed by atoms with E-state index < -0.39 is 11.1 Å². The molecule has 1 aliphatic rings. The Morgan fingerprint density at radius 3 is 1.79 bits per heavy atom. The maximum atomic E-state index is 13.4. The highest BCUT2D eigenvalue weighted by atomic mass is 16.5. The summed E-state index contributed by atoms with van der Waals surface area (Å²) in [5.74, 6) is 1.07. The summed E-state index contributed by atoms with van der Waals surface area (Å²) in [7, 11) is 0. The van der Waals surface area contributed by atoms with Crippen LogP contribution in [0.4, 0.5) is 0 Å². The molecular weight excluding hydrogens is 352 g/mol. The molecule has 4 rings (SSSR count). The fourth-order valence-corrected chi connectivity index (χ4v) is 3.96.